The minimum Gasteiger partial charge on any atom is -0.497 e. The molecule has 0 bridgehead atoms. The number of halogens is 6. The van der Waals surface area contributed by atoms with Gasteiger partial charge in [-0.1, -0.05) is 0 Å². The number of aromatic nitrogens is 3. The molecule has 1 aromatic carbocycles. The lowest BCUT2D eigenvalue weighted by Gasteiger charge is -2.38. The molecule has 0 radical (unpaired) electrons. The number of hydrogen-bond donors (Lipinski definition) is 0. The van der Waals surface area contributed by atoms with Crippen molar-refractivity contribution in [2.45, 2.75) is 18.5 Å². The van der Waals surface area contributed by atoms with Crippen LogP contribution in [0.5, 0.6) is 5.75 Å². The third-order valence-electron chi connectivity index (χ3n) is 4.21. The average Bonchev–Trinajstić information content (AvgIpc) is 3.11. The Balaban J connectivity index is 1.60. The minimum atomic E-state index is -4.59. The summed E-state index contributed by atoms with van der Waals surface area (Å²) in [6.07, 6.45) is -6.24. The number of nitrogens with zero attached hydrogens (tertiary/aromatic N) is 4. The molecule has 0 unspecified atom stereocenters. The van der Waals surface area contributed by atoms with Gasteiger partial charge in [-0.25, -0.2) is 14.5 Å². The molecule has 0 aliphatic carbocycles. The van der Waals surface area contributed by atoms with Crippen LogP contribution in [0.1, 0.15) is 5.56 Å². The van der Waals surface area contributed by atoms with Gasteiger partial charge in [0, 0.05) is 30.9 Å². The predicted molar refractivity (Wildman–Crippen MR) is 94.7 cm³/mol. The Hall–Kier alpha value is -3.09. The summed E-state index contributed by atoms with van der Waals surface area (Å²) in [5.41, 5.74) is -0.877. The van der Waals surface area contributed by atoms with Gasteiger partial charge in [0.1, 0.15) is 18.2 Å². The van der Waals surface area contributed by atoms with Gasteiger partial charge >= 0.3 is 18.3 Å². The lowest BCUT2D eigenvalue weighted by atomic mass is 10.1. The van der Waals surface area contributed by atoms with Crippen LogP contribution < -0.4 is 4.74 Å². The van der Waals surface area contributed by atoms with Crippen LogP contribution >= 0.6 is 0 Å². The zero-order valence-electron chi connectivity index (χ0n) is 15.9. The maximum atomic E-state index is 13.0. The number of ether oxygens (including phenoxy) is 2. The van der Waals surface area contributed by atoms with Crippen molar-refractivity contribution in [2.75, 3.05) is 26.7 Å². The number of benzene rings is 1. The highest BCUT2D eigenvalue weighted by atomic mass is 19.4. The summed E-state index contributed by atoms with van der Waals surface area (Å²) in [5, 5.41) is 3.97. The Morgan fingerprint density at radius 2 is 1.90 bits per heavy atom. The van der Waals surface area contributed by atoms with E-state index < -0.39 is 36.5 Å². The molecule has 1 aliphatic heterocycles. The molecule has 0 amide bonds. The fourth-order valence-electron chi connectivity index (χ4n) is 2.81. The van der Waals surface area contributed by atoms with Gasteiger partial charge in [0.25, 0.3) is 0 Å². The third kappa shape index (κ3) is 6.20. The number of esters is 1. The Labute approximate surface area is 171 Å². The molecular formula is C18H16F6N4O3. The minimum absolute atomic E-state index is 0.0239. The highest BCUT2D eigenvalue weighted by molar-refractivity contribution is 5.85. The highest BCUT2D eigenvalue weighted by Gasteiger charge is 2.38. The zero-order valence-corrected chi connectivity index (χ0v) is 15.9. The van der Waals surface area contributed by atoms with Crippen LogP contribution in [0.3, 0.4) is 0 Å². The second-order valence-electron chi connectivity index (χ2n) is 6.68. The fraction of sp³-hybridized carbons (Fsp3) is 0.389. The first-order chi connectivity index (χ1) is 14.4. The highest BCUT2D eigenvalue weighted by Crippen LogP contribution is 2.34. The smallest absolute Gasteiger partial charge is 0.416 e. The number of carbonyl (C=O) groups is 1. The zero-order chi connectivity index (χ0) is 22.8. The molecule has 2 aromatic rings. The lowest BCUT2D eigenvalue weighted by molar-refractivity contribution is -0.175. The van der Waals surface area contributed by atoms with E-state index in [9.17, 15) is 31.1 Å². The van der Waals surface area contributed by atoms with Crippen LogP contribution in [0.4, 0.5) is 26.3 Å². The molecule has 0 saturated carbocycles. The standard InChI is InChI=1S/C18H16F6N4O3/c1-30-13-5-11(4-12(6-13)18(22,23)24)16-25-10-28(26-16)3-2-15(29)31-14-7-27(8-14)9-17(19,20)21/h2-6,10,14H,7-9H2,1H3. The van der Waals surface area contributed by atoms with Crippen LogP contribution in [0.25, 0.3) is 17.6 Å². The van der Waals surface area contributed by atoms with E-state index in [0.29, 0.717) is 0 Å². The van der Waals surface area contributed by atoms with Gasteiger partial charge in [-0.05, 0) is 18.2 Å². The third-order valence-corrected chi connectivity index (χ3v) is 4.21. The second-order valence-corrected chi connectivity index (χ2v) is 6.68. The van der Waals surface area contributed by atoms with Crippen molar-refractivity contribution in [1.82, 2.24) is 19.7 Å². The van der Waals surface area contributed by atoms with E-state index in [1.165, 1.54) is 19.5 Å². The van der Waals surface area contributed by atoms with E-state index in [-0.39, 0.29) is 30.2 Å². The Bertz CT molecular complexity index is 964. The molecule has 13 heteroatoms. The summed E-state index contributed by atoms with van der Waals surface area (Å²) >= 11 is 0. The van der Waals surface area contributed by atoms with E-state index in [0.717, 1.165) is 34.0 Å². The van der Waals surface area contributed by atoms with Gasteiger partial charge in [-0.2, -0.15) is 26.3 Å². The largest absolute Gasteiger partial charge is 0.497 e. The van der Waals surface area contributed by atoms with Crippen molar-refractivity contribution in [1.29, 1.82) is 0 Å². The molecule has 168 valence electrons. The molecule has 1 aliphatic rings. The SMILES string of the molecule is COc1cc(-c2ncn(C=CC(=O)OC3CN(CC(F)(F)F)C3)n2)cc(C(F)(F)F)c1. The first kappa shape index (κ1) is 22.6. The number of carbonyl (C=O) groups excluding carboxylic acids is 1. The number of rotatable bonds is 6. The van der Waals surface area contributed by atoms with E-state index in [1.807, 2.05) is 0 Å². The molecular weight excluding hydrogens is 434 g/mol. The Morgan fingerprint density at radius 3 is 2.52 bits per heavy atom. The Morgan fingerprint density at radius 1 is 1.19 bits per heavy atom. The normalized spacial score (nSPS) is 15.8. The molecule has 1 fully saturated rings. The number of likely N-dealkylation sites (tertiary alicyclic amines) is 1. The topological polar surface area (TPSA) is 69.5 Å². The molecule has 7 nitrogen and oxygen atoms in total. The van der Waals surface area contributed by atoms with Gasteiger partial charge < -0.3 is 9.47 Å². The van der Waals surface area contributed by atoms with Gasteiger partial charge in [0.05, 0.1) is 19.2 Å². The summed E-state index contributed by atoms with van der Waals surface area (Å²) in [6, 6.07) is 3.03. The molecule has 2 heterocycles. The summed E-state index contributed by atoms with van der Waals surface area (Å²) < 4.78 is 86.8. The van der Waals surface area contributed by atoms with Crippen LogP contribution in [0.2, 0.25) is 0 Å². The lowest BCUT2D eigenvalue weighted by Crippen LogP contribution is -2.55. The first-order valence-corrected chi connectivity index (χ1v) is 8.78. The van der Waals surface area contributed by atoms with Crippen molar-refractivity contribution >= 4 is 12.2 Å². The van der Waals surface area contributed by atoms with Crippen LogP contribution in [-0.4, -0.2) is 64.7 Å². The van der Waals surface area contributed by atoms with Gasteiger partial charge in [0.15, 0.2) is 5.82 Å². The summed E-state index contributed by atoms with van der Waals surface area (Å²) in [6.45, 7) is -1.12. The fourth-order valence-corrected chi connectivity index (χ4v) is 2.81. The van der Waals surface area contributed by atoms with Crippen LogP contribution in [0, 0.1) is 0 Å². The van der Waals surface area contributed by atoms with Crippen molar-refractivity contribution < 1.29 is 40.6 Å². The summed E-state index contributed by atoms with van der Waals surface area (Å²) in [7, 11) is 1.23. The molecule has 1 saturated heterocycles. The average molecular weight is 450 g/mol. The molecule has 1 aromatic heterocycles. The van der Waals surface area contributed by atoms with Gasteiger partial charge in [0.2, 0.25) is 0 Å². The van der Waals surface area contributed by atoms with Crippen molar-refractivity contribution in [3.8, 4) is 17.1 Å². The number of hydrogen-bond acceptors (Lipinski definition) is 6. The van der Waals surface area contributed by atoms with Gasteiger partial charge in [-0.3, -0.25) is 4.90 Å². The van der Waals surface area contributed by atoms with E-state index in [1.54, 1.807) is 0 Å². The van der Waals surface area contributed by atoms with E-state index >= 15 is 0 Å². The molecule has 3 rings (SSSR count). The first-order valence-electron chi connectivity index (χ1n) is 8.78. The van der Waals surface area contributed by atoms with Crippen molar-refractivity contribution in [3.05, 3.63) is 36.2 Å². The number of alkyl halides is 6. The maximum absolute atomic E-state index is 13.0. The van der Waals surface area contributed by atoms with Crippen molar-refractivity contribution in [2.24, 2.45) is 0 Å². The quantitative estimate of drug-likeness (QED) is 0.383. The number of methoxy groups -OCH3 is 1. The summed E-state index contributed by atoms with van der Waals surface area (Å²) in [4.78, 5) is 16.8. The van der Waals surface area contributed by atoms with Crippen LogP contribution in [-0.2, 0) is 15.7 Å². The molecule has 31 heavy (non-hydrogen) atoms. The Kier molecular flexibility index (Phi) is 6.25. The van der Waals surface area contributed by atoms with E-state index in [2.05, 4.69) is 10.1 Å². The van der Waals surface area contributed by atoms with E-state index in [4.69, 9.17) is 9.47 Å². The molecule has 0 spiro atoms. The molecule has 0 N–H and O–H groups in total. The van der Waals surface area contributed by atoms with Crippen molar-refractivity contribution in [3.63, 3.8) is 0 Å². The monoisotopic (exact) mass is 450 g/mol. The predicted octanol–water partition coefficient (Wildman–Crippen LogP) is 3.23. The van der Waals surface area contributed by atoms with Crippen LogP contribution in [0.15, 0.2) is 30.6 Å². The maximum Gasteiger partial charge on any atom is 0.416 e. The molecule has 0 atom stereocenters. The van der Waals surface area contributed by atoms with Gasteiger partial charge in [-0.15, -0.1) is 5.10 Å². The summed E-state index contributed by atoms with van der Waals surface area (Å²) in [5.74, 6) is -0.862. The second kappa shape index (κ2) is 8.57.